The highest BCUT2D eigenvalue weighted by atomic mass is 32.1. The van der Waals surface area contributed by atoms with Gasteiger partial charge in [-0.15, -0.1) is 11.3 Å². The van der Waals surface area contributed by atoms with Gasteiger partial charge in [0.2, 0.25) is 0 Å². The fourth-order valence-corrected chi connectivity index (χ4v) is 2.87. The van der Waals surface area contributed by atoms with Crippen molar-refractivity contribution in [3.63, 3.8) is 0 Å². The van der Waals surface area contributed by atoms with Crippen molar-refractivity contribution in [2.45, 2.75) is 12.6 Å². The molecule has 3 heterocycles. The minimum Gasteiger partial charge on any atom is -0.466 e. The third-order valence-electron chi connectivity index (χ3n) is 3.07. The molecule has 0 saturated heterocycles. The van der Waals surface area contributed by atoms with Gasteiger partial charge in [0.15, 0.2) is 5.82 Å². The van der Waals surface area contributed by atoms with E-state index in [1.165, 1.54) is 29.9 Å². The first-order valence-electron chi connectivity index (χ1n) is 6.93. The molecule has 0 unspecified atom stereocenters. The molecule has 3 N–H and O–H groups in total. The molecule has 8 nitrogen and oxygen atoms in total. The number of carbonyl (C=O) groups is 2. The number of amides is 2. The van der Waals surface area contributed by atoms with Crippen LogP contribution in [0.3, 0.4) is 0 Å². The number of hydrogen-bond acceptors (Lipinski definition) is 7. The van der Waals surface area contributed by atoms with Crippen LogP contribution in [0, 0.1) is 0 Å². The fourth-order valence-electron chi connectivity index (χ4n) is 1.92. The van der Waals surface area contributed by atoms with Crippen LogP contribution in [0.1, 0.15) is 21.6 Å². The zero-order chi connectivity index (χ0) is 16.9. The van der Waals surface area contributed by atoms with E-state index in [0.717, 1.165) is 4.88 Å². The van der Waals surface area contributed by atoms with Crippen LogP contribution >= 0.6 is 11.3 Å². The molecule has 3 aromatic heterocycles. The Bertz CT molecular complexity index is 810. The molecule has 0 aliphatic carbocycles. The summed E-state index contributed by atoms with van der Waals surface area (Å²) in [6.07, 6.45) is 1.91. The van der Waals surface area contributed by atoms with E-state index in [2.05, 4.69) is 20.3 Å². The molecule has 0 spiro atoms. The topological polar surface area (TPSA) is 118 Å². The van der Waals surface area contributed by atoms with Crippen molar-refractivity contribution in [1.29, 1.82) is 0 Å². The first-order valence-corrected chi connectivity index (χ1v) is 7.75. The molecular weight excluding hydrogens is 334 g/mol. The average Bonchev–Trinajstić information content (AvgIpc) is 3.33. The lowest BCUT2D eigenvalue weighted by molar-refractivity contribution is -0.136. The van der Waals surface area contributed by atoms with E-state index < -0.39 is 17.9 Å². The minimum atomic E-state index is -0.857. The lowest BCUT2D eigenvalue weighted by atomic mass is 10.2. The summed E-state index contributed by atoms with van der Waals surface area (Å²) >= 11 is 1.31. The third kappa shape index (κ3) is 3.70. The van der Waals surface area contributed by atoms with Crippen LogP contribution in [0.25, 0.3) is 0 Å². The normalized spacial score (nSPS) is 11.9. The van der Waals surface area contributed by atoms with Gasteiger partial charge in [-0.25, -0.2) is 0 Å². The molecule has 0 aromatic carbocycles. The van der Waals surface area contributed by atoms with Crippen LogP contribution in [0.2, 0.25) is 0 Å². The van der Waals surface area contributed by atoms with Crippen LogP contribution in [-0.2, 0) is 16.1 Å². The van der Waals surface area contributed by atoms with Crippen molar-refractivity contribution in [2.24, 2.45) is 0 Å². The number of anilines is 1. The molecule has 0 saturated carbocycles. The summed E-state index contributed by atoms with van der Waals surface area (Å²) in [5.74, 6) is -1.02. The number of carbonyl (C=O) groups excluding carboxylic acids is 2. The monoisotopic (exact) mass is 347 g/mol. The second kappa shape index (κ2) is 7.11. The SMILES string of the molecule is O=C(NCc1ccc([C@@H](O)c2ccco2)s1)C(=O)Nc1ccon1. The maximum absolute atomic E-state index is 11.7. The van der Waals surface area contributed by atoms with Crippen LogP contribution in [0.5, 0.6) is 0 Å². The summed E-state index contributed by atoms with van der Waals surface area (Å²) in [7, 11) is 0. The van der Waals surface area contributed by atoms with E-state index in [1.54, 1.807) is 24.3 Å². The molecule has 1 atom stereocenters. The lowest BCUT2D eigenvalue weighted by Gasteiger charge is -2.04. The van der Waals surface area contributed by atoms with Gasteiger partial charge in [-0.3, -0.25) is 14.9 Å². The largest absolute Gasteiger partial charge is 0.466 e. The zero-order valence-corrected chi connectivity index (χ0v) is 13.1. The van der Waals surface area contributed by atoms with Crippen LogP contribution in [-0.4, -0.2) is 22.1 Å². The van der Waals surface area contributed by atoms with Crippen molar-refractivity contribution in [1.82, 2.24) is 10.5 Å². The summed E-state index contributed by atoms with van der Waals surface area (Å²) in [5.41, 5.74) is 0. The molecule has 0 aliphatic rings. The number of aromatic nitrogens is 1. The van der Waals surface area contributed by atoms with Gasteiger partial charge in [-0.2, -0.15) is 0 Å². The van der Waals surface area contributed by atoms with Gasteiger partial charge in [0.05, 0.1) is 12.8 Å². The maximum Gasteiger partial charge on any atom is 0.314 e. The van der Waals surface area contributed by atoms with Crippen molar-refractivity contribution >= 4 is 29.0 Å². The minimum absolute atomic E-state index is 0.162. The maximum atomic E-state index is 11.7. The second-order valence-electron chi connectivity index (χ2n) is 4.74. The van der Waals surface area contributed by atoms with E-state index >= 15 is 0 Å². The molecule has 124 valence electrons. The highest BCUT2D eigenvalue weighted by molar-refractivity contribution is 7.12. The molecule has 3 aromatic rings. The molecule has 9 heteroatoms. The Morgan fingerprint density at radius 1 is 1.21 bits per heavy atom. The van der Waals surface area contributed by atoms with E-state index in [9.17, 15) is 14.7 Å². The molecule has 0 bridgehead atoms. The fraction of sp³-hybridized carbons (Fsp3) is 0.133. The molecule has 2 amide bonds. The van der Waals surface area contributed by atoms with Gasteiger partial charge in [-0.05, 0) is 24.3 Å². The number of hydrogen-bond donors (Lipinski definition) is 3. The summed E-state index contributed by atoms with van der Waals surface area (Å²) in [4.78, 5) is 24.8. The first kappa shape index (κ1) is 16.0. The molecule has 0 radical (unpaired) electrons. The van der Waals surface area contributed by atoms with Gasteiger partial charge >= 0.3 is 11.8 Å². The standard InChI is InChI=1S/C15H13N3O5S/c19-13(10-2-1-6-22-10)11-4-3-9(24-11)8-16-14(20)15(21)17-12-5-7-23-18-12/h1-7,13,19H,8H2,(H,16,20)(H,17,18,21)/t13-/m0/s1. The summed E-state index contributed by atoms with van der Waals surface area (Å²) in [6, 6.07) is 8.31. The smallest absolute Gasteiger partial charge is 0.314 e. The number of aliphatic hydroxyl groups excluding tert-OH is 1. The van der Waals surface area contributed by atoms with Crippen molar-refractivity contribution < 1.29 is 23.6 Å². The highest BCUT2D eigenvalue weighted by Crippen LogP contribution is 2.28. The quantitative estimate of drug-likeness (QED) is 0.604. The Morgan fingerprint density at radius 3 is 2.79 bits per heavy atom. The van der Waals surface area contributed by atoms with Gasteiger partial charge in [-0.1, -0.05) is 5.16 Å². The Labute approximate surface area is 140 Å². The Kier molecular flexibility index (Phi) is 4.73. The molecule has 3 rings (SSSR count). The van der Waals surface area contributed by atoms with E-state index in [0.29, 0.717) is 10.6 Å². The van der Waals surface area contributed by atoms with E-state index in [1.807, 2.05) is 0 Å². The molecular formula is C15H13N3O5S. The summed E-state index contributed by atoms with van der Waals surface area (Å²) in [5, 5.41) is 18.4. The molecule has 24 heavy (non-hydrogen) atoms. The number of nitrogens with one attached hydrogen (secondary N) is 2. The zero-order valence-electron chi connectivity index (χ0n) is 12.3. The number of rotatable bonds is 5. The first-order chi connectivity index (χ1) is 11.6. The van der Waals surface area contributed by atoms with Gasteiger partial charge in [0, 0.05) is 15.8 Å². The van der Waals surface area contributed by atoms with Gasteiger partial charge in [0.25, 0.3) is 0 Å². The third-order valence-corrected chi connectivity index (χ3v) is 4.21. The Hall–Kier alpha value is -2.91. The number of thiophene rings is 1. The number of furan rings is 1. The van der Waals surface area contributed by atoms with Crippen LogP contribution in [0.15, 0.2) is 51.8 Å². The average molecular weight is 347 g/mol. The predicted octanol–water partition coefficient (Wildman–Crippen LogP) is 1.67. The predicted molar refractivity (Wildman–Crippen MR) is 84.1 cm³/mol. The van der Waals surface area contributed by atoms with Crippen LogP contribution in [0.4, 0.5) is 5.82 Å². The summed E-state index contributed by atoms with van der Waals surface area (Å²) in [6.45, 7) is 0.167. The Balaban J connectivity index is 1.53. The summed E-state index contributed by atoms with van der Waals surface area (Å²) < 4.78 is 9.71. The van der Waals surface area contributed by atoms with Crippen molar-refractivity contribution in [2.75, 3.05) is 5.32 Å². The van der Waals surface area contributed by atoms with Gasteiger partial charge in [0.1, 0.15) is 18.1 Å². The van der Waals surface area contributed by atoms with Crippen LogP contribution < -0.4 is 10.6 Å². The number of nitrogens with zero attached hydrogens (tertiary/aromatic N) is 1. The highest BCUT2D eigenvalue weighted by Gasteiger charge is 2.17. The van der Waals surface area contributed by atoms with E-state index in [4.69, 9.17) is 4.42 Å². The lowest BCUT2D eigenvalue weighted by Crippen LogP contribution is -2.34. The second-order valence-corrected chi connectivity index (χ2v) is 5.94. The van der Waals surface area contributed by atoms with Crippen molar-refractivity contribution in [3.05, 3.63) is 58.4 Å². The van der Waals surface area contributed by atoms with Crippen molar-refractivity contribution in [3.8, 4) is 0 Å². The van der Waals surface area contributed by atoms with E-state index in [-0.39, 0.29) is 12.4 Å². The number of aliphatic hydroxyl groups is 1. The molecule has 0 aliphatic heterocycles. The molecule has 0 fully saturated rings. The Morgan fingerprint density at radius 2 is 2.08 bits per heavy atom. The van der Waals surface area contributed by atoms with Gasteiger partial charge < -0.3 is 19.4 Å².